The van der Waals surface area contributed by atoms with Gasteiger partial charge in [0, 0.05) is 0 Å². The Hall–Kier alpha value is -0.0800. The second kappa shape index (κ2) is 2.21. The molecule has 0 bridgehead atoms. The molecule has 0 radical (unpaired) electrons. The van der Waals surface area contributed by atoms with E-state index in [1.54, 1.807) is 0 Å². The molecule has 2 aliphatic rings. The minimum atomic E-state index is 0.402. The average Bonchev–Trinajstić information content (AvgIpc) is 2.70. The van der Waals surface area contributed by atoms with Crippen LogP contribution in [0.2, 0.25) is 0 Å². The number of rotatable bonds is 1. The van der Waals surface area contributed by atoms with Crippen LogP contribution in [0, 0.1) is 5.92 Å². The first-order valence-electron chi connectivity index (χ1n) is 4.39. The molecule has 1 aliphatic heterocycles. The zero-order valence-electron chi connectivity index (χ0n) is 6.61. The standard InChI is InChI=1S/C8H16N2/c1-2-7-4-3-5-8(6-7)9-10-8/h7,9-10H,2-6H2,1H3. The van der Waals surface area contributed by atoms with Crippen LogP contribution in [0.1, 0.15) is 39.0 Å². The Morgan fingerprint density at radius 1 is 1.50 bits per heavy atom. The molecule has 10 heavy (non-hydrogen) atoms. The van der Waals surface area contributed by atoms with Gasteiger partial charge in [-0.1, -0.05) is 19.8 Å². The Balaban J connectivity index is 1.91. The number of hydrazine groups is 1. The van der Waals surface area contributed by atoms with E-state index in [4.69, 9.17) is 0 Å². The molecule has 1 unspecified atom stereocenters. The highest BCUT2D eigenvalue weighted by Gasteiger charge is 2.44. The Morgan fingerprint density at radius 3 is 2.90 bits per heavy atom. The molecule has 0 aromatic carbocycles. The second-order valence-electron chi connectivity index (χ2n) is 3.70. The van der Waals surface area contributed by atoms with Gasteiger partial charge in [0.15, 0.2) is 0 Å². The summed E-state index contributed by atoms with van der Waals surface area (Å²) in [5.41, 5.74) is 6.93. The van der Waals surface area contributed by atoms with Crippen LogP contribution in [-0.4, -0.2) is 5.66 Å². The maximum atomic E-state index is 3.26. The van der Waals surface area contributed by atoms with E-state index < -0.39 is 0 Å². The van der Waals surface area contributed by atoms with Crippen molar-refractivity contribution in [3.63, 3.8) is 0 Å². The second-order valence-corrected chi connectivity index (χ2v) is 3.70. The van der Waals surface area contributed by atoms with E-state index in [1.165, 1.54) is 32.1 Å². The largest absolute Gasteiger partial charge is 0.235 e. The summed E-state index contributed by atoms with van der Waals surface area (Å²) in [7, 11) is 0. The minimum absolute atomic E-state index is 0.402. The Morgan fingerprint density at radius 2 is 2.30 bits per heavy atom. The molecule has 2 rings (SSSR count). The fourth-order valence-corrected chi connectivity index (χ4v) is 2.05. The molecule has 2 nitrogen and oxygen atoms in total. The van der Waals surface area contributed by atoms with Crippen molar-refractivity contribution in [2.24, 2.45) is 5.92 Å². The van der Waals surface area contributed by atoms with E-state index in [2.05, 4.69) is 17.8 Å². The first-order chi connectivity index (χ1) is 4.85. The van der Waals surface area contributed by atoms with Crippen LogP contribution in [0.5, 0.6) is 0 Å². The predicted octanol–water partition coefficient (Wildman–Crippen LogP) is 1.39. The molecular weight excluding hydrogens is 124 g/mol. The SMILES string of the molecule is CCC1CCCC2(C1)NN2. The fourth-order valence-electron chi connectivity index (χ4n) is 2.05. The maximum Gasteiger partial charge on any atom is 0.0946 e. The summed E-state index contributed by atoms with van der Waals surface area (Å²) in [5.74, 6) is 0.969. The molecule has 2 N–H and O–H groups in total. The highest BCUT2D eigenvalue weighted by Crippen LogP contribution is 2.36. The molecule has 0 amide bonds. The smallest absolute Gasteiger partial charge is 0.0946 e. The number of hydrogen-bond donors (Lipinski definition) is 2. The van der Waals surface area contributed by atoms with Crippen molar-refractivity contribution >= 4 is 0 Å². The van der Waals surface area contributed by atoms with Crippen LogP contribution in [0.3, 0.4) is 0 Å². The summed E-state index contributed by atoms with van der Waals surface area (Å²) >= 11 is 0. The summed E-state index contributed by atoms with van der Waals surface area (Å²) in [6.45, 7) is 2.30. The van der Waals surface area contributed by atoms with Crippen molar-refractivity contribution in [3.8, 4) is 0 Å². The van der Waals surface area contributed by atoms with E-state index in [0.717, 1.165) is 5.92 Å². The van der Waals surface area contributed by atoms with Gasteiger partial charge >= 0.3 is 0 Å². The van der Waals surface area contributed by atoms with Gasteiger partial charge in [0.1, 0.15) is 0 Å². The molecule has 0 aromatic heterocycles. The Kier molecular flexibility index (Phi) is 1.46. The van der Waals surface area contributed by atoms with Crippen LogP contribution in [0.25, 0.3) is 0 Å². The number of hydrogen-bond acceptors (Lipinski definition) is 2. The van der Waals surface area contributed by atoms with Gasteiger partial charge in [0.2, 0.25) is 0 Å². The molecule has 1 atom stereocenters. The van der Waals surface area contributed by atoms with E-state index in [9.17, 15) is 0 Å². The van der Waals surface area contributed by atoms with Gasteiger partial charge in [-0.3, -0.25) is 0 Å². The quantitative estimate of drug-likeness (QED) is 0.540. The zero-order chi connectivity index (χ0) is 7.03. The van der Waals surface area contributed by atoms with Gasteiger partial charge < -0.3 is 0 Å². The monoisotopic (exact) mass is 140 g/mol. The summed E-state index contributed by atoms with van der Waals surface area (Å²) in [6.07, 6.45) is 6.89. The lowest BCUT2D eigenvalue weighted by atomic mass is 9.82. The molecule has 0 aromatic rings. The Bertz CT molecular complexity index is 129. The van der Waals surface area contributed by atoms with Gasteiger partial charge in [0.25, 0.3) is 0 Å². The van der Waals surface area contributed by atoms with Crippen LogP contribution < -0.4 is 10.9 Å². The molecule has 2 heteroatoms. The lowest BCUT2D eigenvalue weighted by Gasteiger charge is -2.25. The van der Waals surface area contributed by atoms with Crippen LogP contribution >= 0.6 is 0 Å². The van der Waals surface area contributed by atoms with E-state index >= 15 is 0 Å². The zero-order valence-corrected chi connectivity index (χ0v) is 6.61. The summed E-state index contributed by atoms with van der Waals surface area (Å²) < 4.78 is 0. The summed E-state index contributed by atoms with van der Waals surface area (Å²) in [6, 6.07) is 0. The van der Waals surface area contributed by atoms with Crippen molar-refractivity contribution in [1.82, 2.24) is 10.9 Å². The molecule has 2 fully saturated rings. The van der Waals surface area contributed by atoms with Gasteiger partial charge in [-0.05, 0) is 25.2 Å². The topological polar surface area (TPSA) is 43.9 Å². The van der Waals surface area contributed by atoms with Gasteiger partial charge in [-0.2, -0.15) is 0 Å². The molecule has 1 heterocycles. The molecule has 1 spiro atoms. The summed E-state index contributed by atoms with van der Waals surface area (Å²) in [4.78, 5) is 0. The third-order valence-corrected chi connectivity index (χ3v) is 2.91. The highest BCUT2D eigenvalue weighted by molar-refractivity contribution is 4.98. The molecule has 58 valence electrons. The molecular formula is C8H16N2. The van der Waals surface area contributed by atoms with Gasteiger partial charge in [-0.25, -0.2) is 10.9 Å². The number of nitrogens with one attached hydrogen (secondary N) is 2. The first kappa shape index (κ1) is 6.62. The lowest BCUT2D eigenvalue weighted by Crippen LogP contribution is -2.26. The van der Waals surface area contributed by atoms with Crippen LogP contribution in [-0.2, 0) is 0 Å². The summed E-state index contributed by atoms with van der Waals surface area (Å²) in [5, 5.41) is 0. The molecule has 1 aliphatic carbocycles. The maximum absolute atomic E-state index is 3.26. The van der Waals surface area contributed by atoms with Crippen LogP contribution in [0.4, 0.5) is 0 Å². The third-order valence-electron chi connectivity index (χ3n) is 2.91. The third kappa shape index (κ3) is 1.06. The highest BCUT2D eigenvalue weighted by atomic mass is 15.7. The fraction of sp³-hybridized carbons (Fsp3) is 1.00. The van der Waals surface area contributed by atoms with E-state index in [1.807, 2.05) is 0 Å². The Labute approximate surface area is 62.4 Å². The normalized spacial score (nSPS) is 36.3. The first-order valence-corrected chi connectivity index (χ1v) is 4.39. The predicted molar refractivity (Wildman–Crippen MR) is 41.3 cm³/mol. The average molecular weight is 140 g/mol. The van der Waals surface area contributed by atoms with Crippen molar-refractivity contribution < 1.29 is 0 Å². The van der Waals surface area contributed by atoms with Crippen molar-refractivity contribution in [3.05, 3.63) is 0 Å². The lowest BCUT2D eigenvalue weighted by molar-refractivity contribution is 0.286. The van der Waals surface area contributed by atoms with Crippen molar-refractivity contribution in [2.45, 2.75) is 44.7 Å². The van der Waals surface area contributed by atoms with Gasteiger partial charge in [0.05, 0.1) is 5.66 Å². The van der Waals surface area contributed by atoms with E-state index in [0.29, 0.717) is 5.66 Å². The molecule has 1 saturated heterocycles. The van der Waals surface area contributed by atoms with Gasteiger partial charge in [-0.15, -0.1) is 0 Å². The van der Waals surface area contributed by atoms with Crippen molar-refractivity contribution in [2.75, 3.05) is 0 Å². The van der Waals surface area contributed by atoms with E-state index in [-0.39, 0.29) is 0 Å². The van der Waals surface area contributed by atoms with Crippen LogP contribution in [0.15, 0.2) is 0 Å². The molecule has 1 saturated carbocycles. The van der Waals surface area contributed by atoms with Crippen molar-refractivity contribution in [1.29, 1.82) is 0 Å². The minimum Gasteiger partial charge on any atom is -0.235 e.